The molecule has 6 nitrogen and oxygen atoms in total. The summed E-state index contributed by atoms with van der Waals surface area (Å²) >= 11 is 1.45. The van der Waals surface area contributed by atoms with Gasteiger partial charge in [0.05, 0.1) is 11.4 Å². The third kappa shape index (κ3) is 3.71. The molecule has 0 radical (unpaired) electrons. The summed E-state index contributed by atoms with van der Waals surface area (Å²) in [4.78, 5) is 25.7. The first-order chi connectivity index (χ1) is 12.0. The molecule has 132 valence electrons. The molecular formula is C18H20N2O4S. The van der Waals surface area contributed by atoms with Crippen LogP contribution in [0.2, 0.25) is 0 Å². The van der Waals surface area contributed by atoms with Crippen LogP contribution in [0.15, 0.2) is 28.8 Å². The van der Waals surface area contributed by atoms with Crippen molar-refractivity contribution in [3.05, 3.63) is 52.4 Å². The summed E-state index contributed by atoms with van der Waals surface area (Å²) in [5.41, 5.74) is 3.84. The second kappa shape index (κ2) is 7.31. The van der Waals surface area contributed by atoms with Gasteiger partial charge in [-0.1, -0.05) is 29.4 Å². The molecule has 0 fully saturated rings. The van der Waals surface area contributed by atoms with Gasteiger partial charge in [0, 0.05) is 24.3 Å². The number of hydrogen-bond acceptors (Lipinski definition) is 5. The highest BCUT2D eigenvalue weighted by Crippen LogP contribution is 2.25. The smallest absolute Gasteiger partial charge is 0.326 e. The first kappa shape index (κ1) is 17.5. The van der Waals surface area contributed by atoms with Crippen LogP contribution in [-0.4, -0.2) is 38.8 Å². The molecule has 1 unspecified atom stereocenters. The van der Waals surface area contributed by atoms with Crippen LogP contribution in [0.3, 0.4) is 0 Å². The Bertz CT molecular complexity index is 783. The molecule has 2 heterocycles. The molecule has 1 N–H and O–H groups in total. The predicted octanol–water partition coefficient (Wildman–Crippen LogP) is 2.56. The van der Waals surface area contributed by atoms with E-state index in [1.807, 2.05) is 38.1 Å². The Balaban J connectivity index is 1.67. The monoisotopic (exact) mass is 360 g/mol. The van der Waals surface area contributed by atoms with Crippen LogP contribution in [0.1, 0.15) is 28.1 Å². The molecule has 1 aliphatic heterocycles. The number of nitrogens with zero attached hydrogens (tertiary/aromatic N) is 2. The summed E-state index contributed by atoms with van der Waals surface area (Å²) in [6.45, 7) is 4.06. The zero-order valence-corrected chi connectivity index (χ0v) is 15.0. The van der Waals surface area contributed by atoms with Crippen molar-refractivity contribution >= 4 is 23.6 Å². The summed E-state index contributed by atoms with van der Waals surface area (Å²) in [6.07, 6.45) is 0.353. The van der Waals surface area contributed by atoms with Crippen molar-refractivity contribution in [3.63, 3.8) is 0 Å². The molecule has 3 rings (SSSR count). The number of rotatable bonds is 5. The number of aliphatic carboxylic acids is 1. The van der Waals surface area contributed by atoms with Crippen LogP contribution >= 0.6 is 11.8 Å². The van der Waals surface area contributed by atoms with Crippen molar-refractivity contribution in [1.82, 2.24) is 10.1 Å². The van der Waals surface area contributed by atoms with E-state index in [1.165, 1.54) is 16.7 Å². The first-order valence-electron chi connectivity index (χ1n) is 8.06. The molecule has 1 aromatic carbocycles. The van der Waals surface area contributed by atoms with E-state index < -0.39 is 12.0 Å². The maximum Gasteiger partial charge on any atom is 0.326 e. The van der Waals surface area contributed by atoms with Crippen molar-refractivity contribution in [2.45, 2.75) is 38.6 Å². The largest absolute Gasteiger partial charge is 0.480 e. The van der Waals surface area contributed by atoms with Crippen LogP contribution in [0.5, 0.6) is 0 Å². The minimum absolute atomic E-state index is 0.154. The van der Waals surface area contributed by atoms with E-state index in [2.05, 4.69) is 5.16 Å². The van der Waals surface area contributed by atoms with Gasteiger partial charge in [-0.2, -0.15) is 0 Å². The topological polar surface area (TPSA) is 83.6 Å². The number of fused-ring (bicyclic) bond motifs is 1. The number of carbonyl (C=O) groups excluding carboxylic acids is 1. The summed E-state index contributed by atoms with van der Waals surface area (Å²) < 4.78 is 5.12. The van der Waals surface area contributed by atoms with Gasteiger partial charge in [0.1, 0.15) is 11.8 Å². The van der Waals surface area contributed by atoms with Crippen molar-refractivity contribution in [1.29, 1.82) is 0 Å². The number of thioether (sulfide) groups is 1. The number of carboxylic acids is 1. The lowest BCUT2D eigenvalue weighted by molar-refractivity contribution is -0.150. The molecule has 2 aromatic rings. The van der Waals surface area contributed by atoms with E-state index in [1.54, 1.807) is 0 Å². The molecule has 0 aliphatic carbocycles. The Labute approximate surface area is 150 Å². The molecular weight excluding hydrogens is 340 g/mol. The van der Waals surface area contributed by atoms with Crippen LogP contribution < -0.4 is 0 Å². The van der Waals surface area contributed by atoms with Gasteiger partial charge in [0.15, 0.2) is 0 Å². The van der Waals surface area contributed by atoms with Crippen molar-refractivity contribution in [2.24, 2.45) is 0 Å². The Morgan fingerprint density at radius 3 is 2.68 bits per heavy atom. The third-order valence-corrected chi connectivity index (χ3v) is 5.45. The molecule has 0 spiro atoms. The van der Waals surface area contributed by atoms with Crippen LogP contribution in [-0.2, 0) is 28.3 Å². The van der Waals surface area contributed by atoms with Crippen molar-refractivity contribution in [2.75, 3.05) is 5.75 Å². The second-order valence-corrected chi connectivity index (χ2v) is 7.13. The SMILES string of the molecule is Cc1noc(C)c1CSCC(=O)N1Cc2ccccc2CC1C(=O)O. The highest BCUT2D eigenvalue weighted by Gasteiger charge is 2.34. The lowest BCUT2D eigenvalue weighted by Crippen LogP contribution is -2.49. The van der Waals surface area contributed by atoms with Crippen LogP contribution in [0.25, 0.3) is 0 Å². The first-order valence-corrected chi connectivity index (χ1v) is 9.21. The van der Waals surface area contributed by atoms with Gasteiger partial charge in [-0.25, -0.2) is 4.79 Å². The number of aromatic nitrogens is 1. The third-order valence-electron chi connectivity index (χ3n) is 4.51. The molecule has 0 saturated carbocycles. The highest BCUT2D eigenvalue weighted by molar-refractivity contribution is 7.99. The minimum atomic E-state index is -0.960. The average molecular weight is 360 g/mol. The number of carboxylic acid groups (broad SMARTS) is 1. The van der Waals surface area contributed by atoms with E-state index >= 15 is 0 Å². The molecule has 1 aliphatic rings. The molecule has 1 aromatic heterocycles. The Hall–Kier alpha value is -2.28. The number of aryl methyl sites for hydroxylation is 2. The number of benzene rings is 1. The average Bonchev–Trinajstić information content (AvgIpc) is 2.92. The van der Waals surface area contributed by atoms with E-state index in [-0.39, 0.29) is 11.7 Å². The maximum absolute atomic E-state index is 12.6. The fourth-order valence-electron chi connectivity index (χ4n) is 3.04. The highest BCUT2D eigenvalue weighted by atomic mass is 32.2. The fraction of sp³-hybridized carbons (Fsp3) is 0.389. The van der Waals surface area contributed by atoms with E-state index in [4.69, 9.17) is 4.52 Å². The standard InChI is InChI=1S/C18H20N2O4S/c1-11-15(12(2)24-19-11)9-25-10-17(21)20-8-14-6-4-3-5-13(14)7-16(20)18(22)23/h3-6,16H,7-10H2,1-2H3,(H,22,23). The van der Waals surface area contributed by atoms with Gasteiger partial charge in [-0.15, -0.1) is 11.8 Å². The summed E-state index contributed by atoms with van der Waals surface area (Å²) in [5.74, 6) is 0.496. The molecule has 0 bridgehead atoms. The van der Waals surface area contributed by atoms with E-state index in [9.17, 15) is 14.7 Å². The van der Waals surface area contributed by atoms with Gasteiger partial charge in [0.25, 0.3) is 0 Å². The molecule has 25 heavy (non-hydrogen) atoms. The summed E-state index contributed by atoms with van der Waals surface area (Å²) in [5, 5.41) is 13.4. The number of carbonyl (C=O) groups is 2. The predicted molar refractivity (Wildman–Crippen MR) is 94.3 cm³/mol. The normalized spacial score (nSPS) is 16.6. The number of hydrogen-bond donors (Lipinski definition) is 1. The second-order valence-electron chi connectivity index (χ2n) is 6.14. The number of amides is 1. The molecule has 0 saturated heterocycles. The molecule has 7 heteroatoms. The molecule has 1 amide bonds. The van der Waals surface area contributed by atoms with E-state index in [0.29, 0.717) is 18.7 Å². The van der Waals surface area contributed by atoms with Crippen LogP contribution in [0.4, 0.5) is 0 Å². The lowest BCUT2D eigenvalue weighted by Gasteiger charge is -2.34. The Morgan fingerprint density at radius 1 is 1.32 bits per heavy atom. The maximum atomic E-state index is 12.6. The van der Waals surface area contributed by atoms with Crippen molar-refractivity contribution < 1.29 is 19.2 Å². The van der Waals surface area contributed by atoms with Crippen molar-refractivity contribution in [3.8, 4) is 0 Å². The van der Waals surface area contributed by atoms with Gasteiger partial charge in [-0.3, -0.25) is 4.79 Å². The van der Waals surface area contributed by atoms with Crippen LogP contribution in [0, 0.1) is 13.8 Å². The zero-order valence-electron chi connectivity index (χ0n) is 14.2. The Kier molecular flexibility index (Phi) is 5.13. The summed E-state index contributed by atoms with van der Waals surface area (Å²) in [7, 11) is 0. The van der Waals surface area contributed by atoms with Gasteiger partial charge in [0.2, 0.25) is 5.91 Å². The minimum Gasteiger partial charge on any atom is -0.480 e. The quantitative estimate of drug-likeness (QED) is 0.882. The van der Waals surface area contributed by atoms with E-state index in [0.717, 1.165) is 28.1 Å². The lowest BCUT2D eigenvalue weighted by atomic mass is 9.94. The Morgan fingerprint density at radius 2 is 2.04 bits per heavy atom. The van der Waals surface area contributed by atoms with Gasteiger partial charge < -0.3 is 14.5 Å². The van der Waals surface area contributed by atoms with Gasteiger partial charge >= 0.3 is 5.97 Å². The van der Waals surface area contributed by atoms with Gasteiger partial charge in [-0.05, 0) is 25.0 Å². The fourth-order valence-corrected chi connectivity index (χ4v) is 4.10. The summed E-state index contributed by atoms with van der Waals surface area (Å²) in [6, 6.07) is 6.88. The molecule has 1 atom stereocenters. The zero-order chi connectivity index (χ0) is 18.0.